The molecule has 4 rings (SSSR count). The van der Waals surface area contributed by atoms with Crippen LogP contribution in [0.4, 0.5) is 0 Å². The van der Waals surface area contributed by atoms with Crippen LogP contribution in [0.3, 0.4) is 0 Å². The van der Waals surface area contributed by atoms with Crippen molar-refractivity contribution in [3.8, 4) is 0 Å². The van der Waals surface area contributed by atoms with E-state index < -0.39 is 0 Å². The standard InChI is InChI=1S/C13H22N2O.ClH/c14-11(5-9-3-1-2-4-9)12(16)15-13-6-10(7-13)8-13;/h9-11H,1-8,14H2,(H,15,16);1H/t10?,11-,13?;/m0./s1. The van der Waals surface area contributed by atoms with Crippen molar-refractivity contribution in [3.05, 3.63) is 0 Å². The monoisotopic (exact) mass is 258 g/mol. The van der Waals surface area contributed by atoms with E-state index in [2.05, 4.69) is 5.32 Å². The molecule has 98 valence electrons. The molecule has 0 saturated heterocycles. The van der Waals surface area contributed by atoms with Gasteiger partial charge in [0.1, 0.15) is 0 Å². The number of amides is 1. The predicted octanol–water partition coefficient (Wildman–Crippen LogP) is 1.98. The maximum atomic E-state index is 11.9. The third-order valence-electron chi connectivity index (χ3n) is 4.83. The minimum atomic E-state index is -0.267. The van der Waals surface area contributed by atoms with Crippen molar-refractivity contribution in [2.45, 2.75) is 62.9 Å². The summed E-state index contributed by atoms with van der Waals surface area (Å²) in [5, 5.41) is 3.17. The summed E-state index contributed by atoms with van der Waals surface area (Å²) in [6.07, 6.45) is 9.70. The summed E-state index contributed by atoms with van der Waals surface area (Å²) < 4.78 is 0. The van der Waals surface area contributed by atoms with E-state index in [0.29, 0.717) is 5.92 Å². The lowest BCUT2D eigenvalue weighted by molar-refractivity contribution is -0.134. The molecule has 0 aliphatic heterocycles. The third-order valence-corrected chi connectivity index (χ3v) is 4.83. The average molecular weight is 259 g/mol. The van der Waals surface area contributed by atoms with Crippen LogP contribution in [0.2, 0.25) is 0 Å². The van der Waals surface area contributed by atoms with E-state index in [0.717, 1.165) is 12.3 Å². The topological polar surface area (TPSA) is 55.1 Å². The zero-order valence-corrected chi connectivity index (χ0v) is 11.1. The highest BCUT2D eigenvalue weighted by Gasteiger charge is 2.57. The quantitative estimate of drug-likeness (QED) is 0.810. The molecular formula is C13H23ClN2O. The van der Waals surface area contributed by atoms with Crippen molar-refractivity contribution in [1.82, 2.24) is 5.32 Å². The summed E-state index contributed by atoms with van der Waals surface area (Å²) >= 11 is 0. The van der Waals surface area contributed by atoms with Crippen molar-refractivity contribution >= 4 is 18.3 Å². The molecule has 0 heterocycles. The van der Waals surface area contributed by atoms with Gasteiger partial charge in [-0.1, -0.05) is 25.7 Å². The normalized spacial score (nSPS) is 36.4. The maximum absolute atomic E-state index is 11.9. The molecule has 0 aromatic rings. The number of nitrogens with one attached hydrogen (secondary N) is 1. The smallest absolute Gasteiger partial charge is 0.237 e. The van der Waals surface area contributed by atoms with Gasteiger partial charge in [0, 0.05) is 5.54 Å². The molecule has 4 aliphatic carbocycles. The molecular weight excluding hydrogens is 236 g/mol. The van der Waals surface area contributed by atoms with E-state index in [1.54, 1.807) is 0 Å². The Kier molecular flexibility index (Phi) is 3.69. The van der Waals surface area contributed by atoms with Crippen LogP contribution in [-0.4, -0.2) is 17.5 Å². The lowest BCUT2D eigenvalue weighted by Crippen LogP contribution is -2.69. The first kappa shape index (κ1) is 13.2. The molecule has 0 unspecified atom stereocenters. The number of halogens is 1. The Bertz CT molecular complexity index is 285. The molecule has 3 N–H and O–H groups in total. The Hall–Kier alpha value is -0.280. The van der Waals surface area contributed by atoms with Gasteiger partial charge in [-0.05, 0) is 37.5 Å². The van der Waals surface area contributed by atoms with Crippen LogP contribution < -0.4 is 11.1 Å². The van der Waals surface area contributed by atoms with E-state index in [4.69, 9.17) is 5.73 Å². The van der Waals surface area contributed by atoms with Crippen molar-refractivity contribution in [2.75, 3.05) is 0 Å². The molecule has 0 aromatic heterocycles. The maximum Gasteiger partial charge on any atom is 0.237 e. The van der Waals surface area contributed by atoms with Gasteiger partial charge in [-0.2, -0.15) is 0 Å². The highest BCUT2D eigenvalue weighted by molar-refractivity contribution is 5.85. The lowest BCUT2D eigenvalue weighted by Gasteiger charge is -2.62. The van der Waals surface area contributed by atoms with Crippen molar-refractivity contribution in [2.24, 2.45) is 17.6 Å². The lowest BCUT2D eigenvalue weighted by atomic mass is 9.50. The van der Waals surface area contributed by atoms with Gasteiger partial charge in [-0.3, -0.25) is 4.79 Å². The van der Waals surface area contributed by atoms with Crippen molar-refractivity contribution in [3.63, 3.8) is 0 Å². The zero-order valence-electron chi connectivity index (χ0n) is 10.3. The molecule has 0 aromatic carbocycles. The number of nitrogens with two attached hydrogens (primary N) is 1. The second-order valence-corrected chi connectivity index (χ2v) is 6.24. The number of rotatable bonds is 4. The number of hydrogen-bond acceptors (Lipinski definition) is 2. The van der Waals surface area contributed by atoms with Crippen LogP contribution >= 0.6 is 12.4 Å². The molecule has 17 heavy (non-hydrogen) atoms. The largest absolute Gasteiger partial charge is 0.349 e. The first-order valence-corrected chi connectivity index (χ1v) is 6.74. The molecule has 3 nitrogen and oxygen atoms in total. The molecule has 4 saturated carbocycles. The van der Waals surface area contributed by atoms with Gasteiger partial charge in [0.15, 0.2) is 0 Å². The Morgan fingerprint density at radius 2 is 1.88 bits per heavy atom. The van der Waals surface area contributed by atoms with Gasteiger partial charge in [0.25, 0.3) is 0 Å². The average Bonchev–Trinajstić information content (AvgIpc) is 2.61. The minimum absolute atomic E-state index is 0. The summed E-state index contributed by atoms with van der Waals surface area (Å²) in [6, 6.07) is -0.267. The van der Waals surface area contributed by atoms with Gasteiger partial charge in [-0.25, -0.2) is 0 Å². The van der Waals surface area contributed by atoms with Gasteiger partial charge in [-0.15, -0.1) is 12.4 Å². The van der Waals surface area contributed by atoms with Crippen LogP contribution in [0.5, 0.6) is 0 Å². The molecule has 1 amide bonds. The van der Waals surface area contributed by atoms with Crippen LogP contribution in [0.1, 0.15) is 51.4 Å². The molecule has 1 atom stereocenters. The van der Waals surface area contributed by atoms with E-state index in [1.807, 2.05) is 0 Å². The molecule has 4 fully saturated rings. The van der Waals surface area contributed by atoms with Gasteiger partial charge < -0.3 is 11.1 Å². The zero-order chi connectivity index (χ0) is 11.2. The molecule has 2 bridgehead atoms. The number of hydrogen-bond donors (Lipinski definition) is 2. The number of carbonyl (C=O) groups excluding carboxylic acids is 1. The summed E-state index contributed by atoms with van der Waals surface area (Å²) in [5.74, 6) is 1.71. The Balaban J connectivity index is 0.00000108. The second-order valence-electron chi connectivity index (χ2n) is 6.24. The van der Waals surface area contributed by atoms with Crippen molar-refractivity contribution < 1.29 is 4.79 Å². The van der Waals surface area contributed by atoms with E-state index in [1.165, 1.54) is 44.9 Å². The van der Waals surface area contributed by atoms with Crippen LogP contribution in [0.15, 0.2) is 0 Å². The summed E-state index contributed by atoms with van der Waals surface area (Å²) in [5.41, 5.74) is 6.18. The SMILES string of the molecule is Cl.N[C@@H](CC1CCCC1)C(=O)NC12CC(C1)C2. The summed E-state index contributed by atoms with van der Waals surface area (Å²) in [6.45, 7) is 0. The molecule has 0 spiro atoms. The molecule has 0 radical (unpaired) electrons. The Labute approximate surface area is 109 Å². The van der Waals surface area contributed by atoms with E-state index >= 15 is 0 Å². The fourth-order valence-electron chi connectivity index (χ4n) is 3.70. The Morgan fingerprint density at radius 1 is 1.29 bits per heavy atom. The molecule has 4 heteroatoms. The first-order valence-electron chi connectivity index (χ1n) is 6.74. The first-order chi connectivity index (χ1) is 7.67. The Morgan fingerprint density at radius 3 is 2.35 bits per heavy atom. The summed E-state index contributed by atoms with van der Waals surface area (Å²) in [4.78, 5) is 11.9. The minimum Gasteiger partial charge on any atom is -0.349 e. The number of carbonyl (C=O) groups is 1. The van der Waals surface area contributed by atoms with Gasteiger partial charge in [0.05, 0.1) is 6.04 Å². The van der Waals surface area contributed by atoms with Crippen LogP contribution in [0, 0.1) is 11.8 Å². The predicted molar refractivity (Wildman–Crippen MR) is 70.0 cm³/mol. The third kappa shape index (κ3) is 2.45. The van der Waals surface area contributed by atoms with Crippen molar-refractivity contribution in [1.29, 1.82) is 0 Å². The van der Waals surface area contributed by atoms with Gasteiger partial charge >= 0.3 is 0 Å². The highest BCUT2D eigenvalue weighted by atomic mass is 35.5. The molecule has 4 aliphatic rings. The highest BCUT2D eigenvalue weighted by Crippen LogP contribution is 2.56. The van der Waals surface area contributed by atoms with E-state index in [-0.39, 0.29) is 29.9 Å². The van der Waals surface area contributed by atoms with E-state index in [9.17, 15) is 4.79 Å². The van der Waals surface area contributed by atoms with Crippen LogP contribution in [-0.2, 0) is 4.79 Å². The van der Waals surface area contributed by atoms with Gasteiger partial charge in [0.2, 0.25) is 5.91 Å². The van der Waals surface area contributed by atoms with Crippen LogP contribution in [0.25, 0.3) is 0 Å². The second kappa shape index (κ2) is 4.77. The fraction of sp³-hybridized carbons (Fsp3) is 0.923. The summed E-state index contributed by atoms with van der Waals surface area (Å²) in [7, 11) is 0. The fourth-order valence-corrected chi connectivity index (χ4v) is 3.70.